The van der Waals surface area contributed by atoms with E-state index in [1.165, 1.54) is 44.9 Å². The summed E-state index contributed by atoms with van der Waals surface area (Å²) in [6.07, 6.45) is 45.1. The molecule has 0 aliphatic heterocycles. The highest BCUT2D eigenvalue weighted by Gasteiger charge is 2.22. The number of hydrogen-bond acceptors (Lipinski definition) is 6. The number of ether oxygens (including phenoxy) is 2. The van der Waals surface area contributed by atoms with Gasteiger partial charge in [0.2, 0.25) is 0 Å². The van der Waals surface area contributed by atoms with Gasteiger partial charge in [-0.3, -0.25) is 14.1 Å². The van der Waals surface area contributed by atoms with Crippen LogP contribution in [0.2, 0.25) is 0 Å². The SMILES string of the molecule is CC/C=C\C/C=C\C/C=C\C/C=C\CCCCCCC(=O)OC[C@H](COP(=O)(O)O)OC(=O)CCCCCCC/C=C\CCCCCCCC. The quantitative estimate of drug-likeness (QED) is 0.0287. The molecule has 9 heteroatoms. The summed E-state index contributed by atoms with van der Waals surface area (Å²) >= 11 is 0. The first-order chi connectivity index (χ1) is 24.3. The van der Waals surface area contributed by atoms with E-state index in [1.807, 2.05) is 0 Å². The molecular weight excluding hydrogens is 651 g/mol. The van der Waals surface area contributed by atoms with Gasteiger partial charge in [-0.1, -0.05) is 139 Å². The summed E-state index contributed by atoms with van der Waals surface area (Å²) in [6.45, 7) is 3.53. The molecule has 288 valence electrons. The minimum atomic E-state index is -4.76. The highest BCUT2D eigenvalue weighted by molar-refractivity contribution is 7.46. The van der Waals surface area contributed by atoms with Gasteiger partial charge in [0.15, 0.2) is 6.10 Å². The number of carbonyl (C=O) groups excluding carboxylic acids is 2. The van der Waals surface area contributed by atoms with Gasteiger partial charge in [0.05, 0.1) is 6.61 Å². The number of phosphoric ester groups is 1. The molecule has 0 unspecified atom stereocenters. The van der Waals surface area contributed by atoms with E-state index in [-0.39, 0.29) is 19.4 Å². The second-order valence-electron chi connectivity index (χ2n) is 12.9. The lowest BCUT2D eigenvalue weighted by Crippen LogP contribution is -2.29. The number of esters is 2. The van der Waals surface area contributed by atoms with Crippen molar-refractivity contribution in [3.63, 3.8) is 0 Å². The smallest absolute Gasteiger partial charge is 0.462 e. The Labute approximate surface area is 305 Å². The molecule has 0 rings (SSSR count). The third-order valence-corrected chi connectivity index (χ3v) is 8.51. The minimum absolute atomic E-state index is 0.194. The van der Waals surface area contributed by atoms with Crippen LogP contribution in [0.4, 0.5) is 0 Å². The van der Waals surface area contributed by atoms with Crippen molar-refractivity contribution in [1.82, 2.24) is 0 Å². The molecule has 0 saturated heterocycles. The van der Waals surface area contributed by atoms with Gasteiger partial charge in [0.1, 0.15) is 6.61 Å². The van der Waals surface area contributed by atoms with Crippen molar-refractivity contribution in [3.05, 3.63) is 60.8 Å². The van der Waals surface area contributed by atoms with Crippen LogP contribution in [0.1, 0.15) is 168 Å². The second-order valence-corrected chi connectivity index (χ2v) is 14.1. The molecule has 0 aromatic heterocycles. The molecule has 0 saturated carbocycles. The molecular formula is C41H71O8P. The van der Waals surface area contributed by atoms with Gasteiger partial charge in [-0.15, -0.1) is 0 Å². The van der Waals surface area contributed by atoms with Crippen LogP contribution >= 0.6 is 7.82 Å². The summed E-state index contributed by atoms with van der Waals surface area (Å²) in [5.74, 6) is -0.926. The first kappa shape index (κ1) is 47.8. The van der Waals surface area contributed by atoms with Gasteiger partial charge in [0, 0.05) is 12.8 Å². The Kier molecular flexibility index (Phi) is 34.9. The van der Waals surface area contributed by atoms with Crippen LogP contribution in [0.25, 0.3) is 0 Å². The molecule has 50 heavy (non-hydrogen) atoms. The molecule has 0 spiro atoms. The lowest BCUT2D eigenvalue weighted by Gasteiger charge is -2.18. The molecule has 0 aliphatic carbocycles. The van der Waals surface area contributed by atoms with Crippen LogP contribution in [-0.4, -0.2) is 41.0 Å². The van der Waals surface area contributed by atoms with E-state index in [0.717, 1.165) is 83.5 Å². The van der Waals surface area contributed by atoms with E-state index in [1.54, 1.807) is 0 Å². The maximum absolute atomic E-state index is 12.4. The van der Waals surface area contributed by atoms with Crippen molar-refractivity contribution in [2.24, 2.45) is 0 Å². The molecule has 0 radical (unpaired) electrons. The first-order valence-electron chi connectivity index (χ1n) is 19.6. The largest absolute Gasteiger partial charge is 0.469 e. The molecule has 0 aromatic rings. The normalized spacial score (nSPS) is 13.1. The van der Waals surface area contributed by atoms with Gasteiger partial charge < -0.3 is 19.3 Å². The first-order valence-corrected chi connectivity index (χ1v) is 21.1. The number of carbonyl (C=O) groups is 2. The second kappa shape index (κ2) is 36.5. The number of unbranched alkanes of at least 4 members (excludes halogenated alkanes) is 15. The van der Waals surface area contributed by atoms with Crippen LogP contribution in [0.3, 0.4) is 0 Å². The molecule has 0 bridgehead atoms. The molecule has 8 nitrogen and oxygen atoms in total. The molecule has 0 aliphatic rings. The third-order valence-electron chi connectivity index (χ3n) is 8.02. The summed E-state index contributed by atoms with van der Waals surface area (Å²) in [7, 11) is -4.76. The number of rotatable bonds is 35. The van der Waals surface area contributed by atoms with E-state index >= 15 is 0 Å². The van der Waals surface area contributed by atoms with E-state index < -0.39 is 32.5 Å². The van der Waals surface area contributed by atoms with Gasteiger partial charge in [-0.25, -0.2) is 4.57 Å². The zero-order valence-corrected chi connectivity index (χ0v) is 32.4. The number of allylic oxidation sites excluding steroid dienone is 10. The Morgan fingerprint density at radius 3 is 1.46 bits per heavy atom. The summed E-state index contributed by atoms with van der Waals surface area (Å²) < 4.78 is 26.3. The summed E-state index contributed by atoms with van der Waals surface area (Å²) in [6, 6.07) is 0. The van der Waals surface area contributed by atoms with Crippen LogP contribution in [0, 0.1) is 0 Å². The highest BCUT2D eigenvalue weighted by Crippen LogP contribution is 2.36. The maximum atomic E-state index is 12.4. The summed E-state index contributed by atoms with van der Waals surface area (Å²) in [4.78, 5) is 42.7. The fourth-order valence-corrected chi connectivity index (χ4v) is 5.48. The summed E-state index contributed by atoms with van der Waals surface area (Å²) in [5.41, 5.74) is 0. The topological polar surface area (TPSA) is 119 Å². The minimum Gasteiger partial charge on any atom is -0.462 e. The number of phosphoric acid groups is 1. The fourth-order valence-electron chi connectivity index (χ4n) is 5.12. The van der Waals surface area contributed by atoms with Crippen molar-refractivity contribution in [2.75, 3.05) is 13.2 Å². The van der Waals surface area contributed by atoms with Crippen molar-refractivity contribution < 1.29 is 37.9 Å². The van der Waals surface area contributed by atoms with Crippen molar-refractivity contribution in [1.29, 1.82) is 0 Å². The summed E-state index contributed by atoms with van der Waals surface area (Å²) in [5, 5.41) is 0. The lowest BCUT2D eigenvalue weighted by atomic mass is 10.1. The van der Waals surface area contributed by atoms with E-state index in [4.69, 9.17) is 19.3 Å². The molecule has 0 heterocycles. The average molecular weight is 723 g/mol. The van der Waals surface area contributed by atoms with Crippen molar-refractivity contribution in [3.8, 4) is 0 Å². The van der Waals surface area contributed by atoms with Gasteiger partial charge in [-0.05, 0) is 77.0 Å². The third kappa shape index (κ3) is 38.6. The fraction of sp³-hybridized carbons (Fsp3) is 0.707. The Bertz CT molecular complexity index is 995. The standard InChI is InChI=1S/C41H71O8P/c1-3-5-7-9-11-13-15-17-19-20-22-23-25-27-29-31-33-35-40(42)47-37-39(38-48-50(44,45)46)49-41(43)36-34-32-30-28-26-24-21-18-16-14-12-10-8-6-4-2/h5,7,11,13,17-19,21-23,39H,3-4,6,8-10,12,14-16,20,24-38H2,1-2H3,(H2,44,45,46)/b7-5-,13-11-,19-17-,21-18-,23-22-/t39-/m1/s1. The predicted octanol–water partition coefficient (Wildman–Crippen LogP) is 11.7. The monoisotopic (exact) mass is 722 g/mol. The van der Waals surface area contributed by atoms with Crippen LogP contribution in [0.5, 0.6) is 0 Å². The Balaban J connectivity index is 4.02. The van der Waals surface area contributed by atoms with Gasteiger partial charge >= 0.3 is 19.8 Å². The Morgan fingerprint density at radius 1 is 0.540 bits per heavy atom. The Morgan fingerprint density at radius 2 is 0.960 bits per heavy atom. The maximum Gasteiger partial charge on any atom is 0.469 e. The van der Waals surface area contributed by atoms with Gasteiger partial charge in [-0.2, -0.15) is 0 Å². The lowest BCUT2D eigenvalue weighted by molar-refractivity contribution is -0.161. The number of hydrogen-bond donors (Lipinski definition) is 2. The van der Waals surface area contributed by atoms with Crippen LogP contribution in [0.15, 0.2) is 60.8 Å². The molecule has 2 N–H and O–H groups in total. The molecule has 0 fully saturated rings. The molecule has 1 atom stereocenters. The zero-order chi connectivity index (χ0) is 36.8. The highest BCUT2D eigenvalue weighted by atomic mass is 31.2. The van der Waals surface area contributed by atoms with Crippen molar-refractivity contribution >= 4 is 19.8 Å². The zero-order valence-electron chi connectivity index (χ0n) is 31.5. The van der Waals surface area contributed by atoms with E-state index in [0.29, 0.717) is 12.8 Å². The van der Waals surface area contributed by atoms with E-state index in [2.05, 4.69) is 79.1 Å². The Hall–Kier alpha value is -2.25. The van der Waals surface area contributed by atoms with Crippen LogP contribution < -0.4 is 0 Å². The predicted molar refractivity (Wildman–Crippen MR) is 207 cm³/mol. The van der Waals surface area contributed by atoms with Crippen molar-refractivity contribution in [2.45, 2.75) is 174 Å². The average Bonchev–Trinajstić information content (AvgIpc) is 3.08. The van der Waals surface area contributed by atoms with Gasteiger partial charge in [0.25, 0.3) is 0 Å². The molecule has 0 amide bonds. The van der Waals surface area contributed by atoms with Crippen LogP contribution in [-0.2, 0) is 28.2 Å². The molecule has 0 aromatic carbocycles. The van der Waals surface area contributed by atoms with E-state index in [9.17, 15) is 14.2 Å².